The largest absolute Gasteiger partial charge is 0.326 e. The Kier molecular flexibility index (Phi) is 9.05. The first-order chi connectivity index (χ1) is 16.6. The summed E-state index contributed by atoms with van der Waals surface area (Å²) >= 11 is 18.1. The van der Waals surface area contributed by atoms with E-state index < -0.39 is 41.1 Å². The molecule has 2 amide bonds. The molecule has 2 unspecified atom stereocenters. The van der Waals surface area contributed by atoms with Crippen molar-refractivity contribution in [2.45, 2.75) is 12.8 Å². The molecule has 0 aliphatic heterocycles. The van der Waals surface area contributed by atoms with Gasteiger partial charge in [0.15, 0.2) is 0 Å². The van der Waals surface area contributed by atoms with Gasteiger partial charge < -0.3 is 10.6 Å². The van der Waals surface area contributed by atoms with Gasteiger partial charge in [0.05, 0.1) is 16.5 Å². The molecule has 0 bridgehead atoms. The summed E-state index contributed by atoms with van der Waals surface area (Å²) in [6.07, 6.45) is 0. The first-order valence-electron chi connectivity index (χ1n) is 10.4. The van der Waals surface area contributed by atoms with Gasteiger partial charge in [-0.3, -0.25) is 9.59 Å². The van der Waals surface area contributed by atoms with E-state index in [0.717, 1.165) is 12.1 Å². The molecule has 0 aliphatic rings. The summed E-state index contributed by atoms with van der Waals surface area (Å²) in [5.41, 5.74) is 0.772. The highest BCUT2D eigenvalue weighted by Crippen LogP contribution is 2.31. The van der Waals surface area contributed by atoms with E-state index >= 15 is 0 Å². The third-order valence-corrected chi connectivity index (χ3v) is 6.35. The summed E-state index contributed by atoms with van der Waals surface area (Å²) in [5, 5.41) is 5.03. The number of nitrogens with one attached hydrogen (secondary N) is 2. The predicted octanol–water partition coefficient (Wildman–Crippen LogP) is 7.13. The van der Waals surface area contributed by atoms with E-state index in [1.807, 2.05) is 0 Å². The van der Waals surface area contributed by atoms with Crippen molar-refractivity contribution in [2.75, 3.05) is 22.4 Å². The highest BCUT2D eigenvalue weighted by Gasteiger charge is 2.29. The van der Waals surface area contributed by atoms with Crippen molar-refractivity contribution in [1.29, 1.82) is 0 Å². The highest BCUT2D eigenvalue weighted by molar-refractivity contribution is 6.30. The summed E-state index contributed by atoms with van der Waals surface area (Å²) in [4.78, 5) is 25.7. The number of aryl methyl sites for hydroxylation is 1. The van der Waals surface area contributed by atoms with Crippen LogP contribution in [0.3, 0.4) is 0 Å². The lowest BCUT2D eigenvalue weighted by Gasteiger charge is -2.24. The molecule has 4 nitrogen and oxygen atoms in total. The van der Waals surface area contributed by atoms with Gasteiger partial charge in [-0.05, 0) is 66.6 Å². The molecule has 0 saturated carbocycles. The van der Waals surface area contributed by atoms with E-state index in [-0.39, 0.29) is 39.3 Å². The number of alkyl halides is 2. The van der Waals surface area contributed by atoms with Gasteiger partial charge in [-0.15, -0.1) is 23.2 Å². The first-order valence-corrected chi connectivity index (χ1v) is 11.8. The molecule has 35 heavy (non-hydrogen) atoms. The fourth-order valence-electron chi connectivity index (χ4n) is 3.51. The van der Waals surface area contributed by atoms with E-state index in [4.69, 9.17) is 34.8 Å². The maximum atomic E-state index is 14.7. The van der Waals surface area contributed by atoms with E-state index in [0.29, 0.717) is 5.56 Å². The Labute approximate surface area is 215 Å². The second kappa shape index (κ2) is 11.8. The zero-order chi connectivity index (χ0) is 25.7. The molecule has 0 spiro atoms. The minimum atomic E-state index is -0.836. The average Bonchev–Trinajstić information content (AvgIpc) is 2.82. The minimum Gasteiger partial charge on any atom is -0.326 e. The normalized spacial score (nSPS) is 12.7. The number of anilines is 2. The molecule has 0 saturated heterocycles. The fourth-order valence-corrected chi connectivity index (χ4v) is 4.44. The smallest absolute Gasteiger partial charge is 0.258 e. The second-order valence-corrected chi connectivity index (χ2v) is 8.82. The summed E-state index contributed by atoms with van der Waals surface area (Å²) in [7, 11) is 0. The van der Waals surface area contributed by atoms with Crippen molar-refractivity contribution >= 4 is 58.0 Å². The lowest BCUT2D eigenvalue weighted by molar-refractivity contribution is -0.119. The number of hydrogen-bond acceptors (Lipinski definition) is 2. The Bertz CT molecular complexity index is 1240. The van der Waals surface area contributed by atoms with Crippen molar-refractivity contribution < 1.29 is 22.8 Å². The van der Waals surface area contributed by atoms with Gasteiger partial charge in [-0.25, -0.2) is 13.2 Å². The standard InChI is InChI=1S/C25H20Cl3F3N2O2/c1-13-8-17(10-18(23(13)31)24(34)32-16-5-3-15(29)4-6-16)33-25(35)20(12-27)19(11-26)14-2-7-22(30)21(28)9-14/h2-10,19-20H,11-12H2,1H3,(H,32,34)(H,33,35). The van der Waals surface area contributed by atoms with E-state index in [1.54, 1.807) is 0 Å². The van der Waals surface area contributed by atoms with Crippen LogP contribution in [0.2, 0.25) is 5.02 Å². The Morgan fingerprint density at radius 1 is 0.886 bits per heavy atom. The number of halogens is 6. The minimum absolute atomic E-state index is 0.000535. The van der Waals surface area contributed by atoms with E-state index in [1.165, 1.54) is 49.4 Å². The van der Waals surface area contributed by atoms with Gasteiger partial charge in [-0.1, -0.05) is 17.7 Å². The third-order valence-electron chi connectivity index (χ3n) is 5.40. The molecular weight excluding hydrogens is 524 g/mol. The number of carbonyl (C=O) groups excluding carboxylic acids is 2. The molecule has 0 aromatic heterocycles. The molecule has 2 N–H and O–H groups in total. The van der Waals surface area contributed by atoms with Crippen LogP contribution in [0.1, 0.15) is 27.4 Å². The maximum Gasteiger partial charge on any atom is 0.258 e. The van der Waals surface area contributed by atoms with Gasteiger partial charge >= 0.3 is 0 Å². The maximum absolute atomic E-state index is 14.7. The molecule has 0 aliphatic carbocycles. The number of amides is 2. The fraction of sp³-hybridized carbons (Fsp3) is 0.200. The topological polar surface area (TPSA) is 58.2 Å². The van der Waals surface area contributed by atoms with Crippen molar-refractivity contribution in [2.24, 2.45) is 5.92 Å². The Morgan fingerprint density at radius 2 is 1.57 bits per heavy atom. The van der Waals surface area contributed by atoms with Crippen LogP contribution in [0, 0.1) is 30.3 Å². The van der Waals surface area contributed by atoms with Crippen LogP contribution in [0.5, 0.6) is 0 Å². The van der Waals surface area contributed by atoms with Crippen LogP contribution in [-0.4, -0.2) is 23.6 Å². The van der Waals surface area contributed by atoms with Crippen LogP contribution in [0.15, 0.2) is 54.6 Å². The number of carbonyl (C=O) groups is 2. The SMILES string of the molecule is Cc1cc(NC(=O)C(CCl)C(CCl)c2ccc(F)c(Cl)c2)cc(C(=O)Nc2ccc(F)cc2)c1F. The Balaban J connectivity index is 1.84. The summed E-state index contributed by atoms with van der Waals surface area (Å²) in [6, 6.07) is 11.6. The van der Waals surface area contributed by atoms with E-state index in [2.05, 4.69) is 10.6 Å². The molecule has 3 aromatic rings. The molecule has 10 heteroatoms. The lowest BCUT2D eigenvalue weighted by Crippen LogP contribution is -2.31. The van der Waals surface area contributed by atoms with Crippen molar-refractivity contribution in [3.8, 4) is 0 Å². The molecule has 0 heterocycles. The first kappa shape index (κ1) is 26.9. The molecule has 184 valence electrons. The lowest BCUT2D eigenvalue weighted by atomic mass is 9.87. The number of rotatable bonds is 8. The van der Waals surface area contributed by atoms with Crippen molar-refractivity contribution in [3.05, 3.63) is 93.8 Å². The van der Waals surface area contributed by atoms with Crippen LogP contribution in [-0.2, 0) is 4.79 Å². The van der Waals surface area contributed by atoms with Gasteiger partial charge in [0, 0.05) is 29.1 Å². The van der Waals surface area contributed by atoms with Crippen LogP contribution >= 0.6 is 34.8 Å². The van der Waals surface area contributed by atoms with Gasteiger partial charge in [-0.2, -0.15) is 0 Å². The number of benzene rings is 3. The van der Waals surface area contributed by atoms with Crippen molar-refractivity contribution in [1.82, 2.24) is 0 Å². The Morgan fingerprint density at radius 3 is 2.17 bits per heavy atom. The molecular formula is C25H20Cl3F3N2O2. The Hall–Kier alpha value is -2.74. The molecule has 0 radical (unpaired) electrons. The van der Waals surface area contributed by atoms with Crippen molar-refractivity contribution in [3.63, 3.8) is 0 Å². The summed E-state index contributed by atoms with van der Waals surface area (Å²) < 4.78 is 41.4. The predicted molar refractivity (Wildman–Crippen MR) is 133 cm³/mol. The number of hydrogen-bond donors (Lipinski definition) is 2. The van der Waals surface area contributed by atoms with Gasteiger partial charge in [0.1, 0.15) is 17.5 Å². The summed E-state index contributed by atoms with van der Waals surface area (Å²) in [6.45, 7) is 1.45. The zero-order valence-corrected chi connectivity index (χ0v) is 20.6. The van der Waals surface area contributed by atoms with Crippen LogP contribution in [0.4, 0.5) is 24.5 Å². The highest BCUT2D eigenvalue weighted by atomic mass is 35.5. The zero-order valence-electron chi connectivity index (χ0n) is 18.3. The van der Waals surface area contributed by atoms with Gasteiger partial charge in [0.25, 0.3) is 5.91 Å². The van der Waals surface area contributed by atoms with Crippen LogP contribution in [0.25, 0.3) is 0 Å². The second-order valence-electron chi connectivity index (χ2n) is 7.80. The molecule has 2 atom stereocenters. The quantitative estimate of drug-likeness (QED) is 0.297. The van der Waals surface area contributed by atoms with Gasteiger partial charge in [0.2, 0.25) is 5.91 Å². The van der Waals surface area contributed by atoms with Crippen LogP contribution < -0.4 is 10.6 Å². The summed E-state index contributed by atoms with van der Waals surface area (Å²) in [5.74, 6) is -4.70. The third kappa shape index (κ3) is 6.48. The van der Waals surface area contributed by atoms with E-state index in [9.17, 15) is 22.8 Å². The molecule has 0 fully saturated rings. The molecule has 3 rings (SSSR count). The average molecular weight is 544 g/mol. The monoisotopic (exact) mass is 542 g/mol. The molecule has 3 aromatic carbocycles.